The molecule has 0 saturated heterocycles. The van der Waals surface area contributed by atoms with Gasteiger partial charge in [-0.3, -0.25) is 0 Å². The molecule has 0 aromatic heterocycles. The van der Waals surface area contributed by atoms with Crippen LogP contribution in [-0.2, 0) is 16.0 Å². The zero-order valence-corrected chi connectivity index (χ0v) is 12.3. The zero-order valence-electron chi connectivity index (χ0n) is 10.7. The van der Waals surface area contributed by atoms with E-state index in [9.17, 15) is 9.90 Å². The molecule has 1 atom stereocenters. The zero-order chi connectivity index (χ0) is 13.7. The highest BCUT2D eigenvalue weighted by atomic mass is 79.9. The number of esters is 1. The Labute approximate surface area is 115 Å². The minimum absolute atomic E-state index is 0.229. The molecule has 0 amide bonds. The number of carbonyl (C=O) groups is 1. The Bertz CT molecular complexity index is 431. The number of methoxy groups -OCH3 is 1. The van der Waals surface area contributed by atoms with Gasteiger partial charge in [0.25, 0.3) is 0 Å². The number of aliphatic hydroxyl groups is 1. The van der Waals surface area contributed by atoms with Crippen molar-refractivity contribution in [2.75, 3.05) is 13.7 Å². The number of carbonyl (C=O) groups excluding carboxylic acids is 1. The van der Waals surface area contributed by atoms with Gasteiger partial charge in [0.1, 0.15) is 5.75 Å². The first-order chi connectivity index (χ1) is 8.54. The van der Waals surface area contributed by atoms with Crippen molar-refractivity contribution in [3.8, 4) is 5.75 Å². The van der Waals surface area contributed by atoms with Gasteiger partial charge < -0.3 is 14.6 Å². The van der Waals surface area contributed by atoms with Gasteiger partial charge >= 0.3 is 5.97 Å². The molecule has 0 aliphatic heterocycles. The van der Waals surface area contributed by atoms with E-state index in [2.05, 4.69) is 15.9 Å². The van der Waals surface area contributed by atoms with Gasteiger partial charge in [0.2, 0.25) is 0 Å². The number of ether oxygens (including phenoxy) is 2. The maximum Gasteiger partial charge on any atom is 0.339 e. The van der Waals surface area contributed by atoms with E-state index >= 15 is 0 Å². The molecule has 1 rings (SSSR count). The lowest BCUT2D eigenvalue weighted by atomic mass is 10.0. The van der Waals surface area contributed by atoms with Crippen molar-refractivity contribution in [3.05, 3.63) is 27.7 Å². The largest absolute Gasteiger partial charge is 0.496 e. The molecular formula is C13H17BrO4. The number of benzene rings is 1. The van der Waals surface area contributed by atoms with Crippen LogP contribution in [0.4, 0.5) is 0 Å². The molecule has 1 N–H and O–H groups in total. The van der Waals surface area contributed by atoms with E-state index in [0.29, 0.717) is 11.3 Å². The van der Waals surface area contributed by atoms with Gasteiger partial charge in [0, 0.05) is 10.0 Å². The van der Waals surface area contributed by atoms with Crippen molar-refractivity contribution in [2.24, 2.45) is 0 Å². The summed E-state index contributed by atoms with van der Waals surface area (Å²) < 4.78 is 10.9. The molecular weight excluding hydrogens is 300 g/mol. The lowest BCUT2D eigenvalue weighted by Crippen LogP contribution is -2.16. The maximum atomic E-state index is 11.6. The SMILES string of the molecule is CCOC(=O)C(O)c1cc(Br)cc(CC)c1OC. The molecule has 0 fully saturated rings. The van der Waals surface area contributed by atoms with Gasteiger partial charge in [-0.25, -0.2) is 4.79 Å². The lowest BCUT2D eigenvalue weighted by Gasteiger charge is -2.17. The normalized spacial score (nSPS) is 12.1. The molecule has 5 heteroatoms. The predicted octanol–water partition coefficient (Wildman–Crippen LogP) is 2.62. The van der Waals surface area contributed by atoms with Crippen LogP contribution in [0.5, 0.6) is 5.75 Å². The Morgan fingerprint density at radius 3 is 2.61 bits per heavy atom. The fraction of sp³-hybridized carbons (Fsp3) is 0.462. The van der Waals surface area contributed by atoms with E-state index in [0.717, 1.165) is 16.5 Å². The van der Waals surface area contributed by atoms with Crippen LogP contribution in [0.3, 0.4) is 0 Å². The summed E-state index contributed by atoms with van der Waals surface area (Å²) in [6.45, 7) is 3.90. The average Bonchev–Trinajstić information content (AvgIpc) is 2.36. The second-order valence-electron chi connectivity index (χ2n) is 3.70. The average molecular weight is 317 g/mol. The highest BCUT2D eigenvalue weighted by molar-refractivity contribution is 9.10. The molecule has 4 nitrogen and oxygen atoms in total. The Morgan fingerprint density at radius 2 is 2.11 bits per heavy atom. The topological polar surface area (TPSA) is 55.8 Å². The van der Waals surface area contributed by atoms with Crippen molar-refractivity contribution in [3.63, 3.8) is 0 Å². The fourth-order valence-corrected chi connectivity index (χ4v) is 2.26. The van der Waals surface area contributed by atoms with Gasteiger partial charge in [-0.1, -0.05) is 22.9 Å². The summed E-state index contributed by atoms with van der Waals surface area (Å²) in [6.07, 6.45) is -0.590. The monoisotopic (exact) mass is 316 g/mol. The van der Waals surface area contributed by atoms with Gasteiger partial charge in [0.15, 0.2) is 6.10 Å². The molecule has 0 aliphatic rings. The van der Waals surface area contributed by atoms with E-state index in [-0.39, 0.29) is 6.61 Å². The molecule has 18 heavy (non-hydrogen) atoms. The fourth-order valence-electron chi connectivity index (χ4n) is 1.74. The third-order valence-corrected chi connectivity index (χ3v) is 3.01. The Morgan fingerprint density at radius 1 is 1.44 bits per heavy atom. The summed E-state index contributed by atoms with van der Waals surface area (Å²) in [4.78, 5) is 11.6. The standard InChI is InChI=1S/C13H17BrO4/c1-4-8-6-9(14)7-10(12(8)17-3)11(15)13(16)18-5-2/h6-7,11,15H,4-5H2,1-3H3. The van der Waals surface area contributed by atoms with Crippen LogP contribution in [0.1, 0.15) is 31.1 Å². The highest BCUT2D eigenvalue weighted by Crippen LogP contribution is 2.33. The van der Waals surface area contributed by atoms with Gasteiger partial charge in [-0.2, -0.15) is 0 Å². The van der Waals surface area contributed by atoms with Gasteiger partial charge in [-0.15, -0.1) is 0 Å². The summed E-state index contributed by atoms with van der Waals surface area (Å²) in [7, 11) is 1.52. The predicted molar refractivity (Wildman–Crippen MR) is 71.7 cm³/mol. The highest BCUT2D eigenvalue weighted by Gasteiger charge is 2.24. The number of halogens is 1. The van der Waals surface area contributed by atoms with E-state index in [1.54, 1.807) is 13.0 Å². The Hall–Kier alpha value is -1.07. The van der Waals surface area contributed by atoms with E-state index in [1.165, 1.54) is 7.11 Å². The second-order valence-corrected chi connectivity index (χ2v) is 4.61. The van der Waals surface area contributed by atoms with Crippen LogP contribution in [0.2, 0.25) is 0 Å². The third-order valence-electron chi connectivity index (χ3n) is 2.55. The van der Waals surface area contributed by atoms with Gasteiger partial charge in [0.05, 0.1) is 13.7 Å². The van der Waals surface area contributed by atoms with Gasteiger partial charge in [-0.05, 0) is 31.0 Å². The number of aryl methyl sites for hydroxylation is 1. The molecule has 1 aromatic rings. The molecule has 0 saturated carbocycles. The molecule has 1 aromatic carbocycles. The van der Waals surface area contributed by atoms with Crippen LogP contribution in [0, 0.1) is 0 Å². The molecule has 1 unspecified atom stereocenters. The van der Waals surface area contributed by atoms with Crippen molar-refractivity contribution in [2.45, 2.75) is 26.4 Å². The van der Waals surface area contributed by atoms with Crippen LogP contribution in [0.15, 0.2) is 16.6 Å². The summed E-state index contributed by atoms with van der Waals surface area (Å²) in [5.41, 5.74) is 1.34. The Kier molecular flexibility index (Phi) is 5.62. The molecule has 0 heterocycles. The first-order valence-electron chi connectivity index (χ1n) is 5.76. The first kappa shape index (κ1) is 15.0. The minimum atomic E-state index is -1.33. The third kappa shape index (κ3) is 3.23. The van der Waals surface area contributed by atoms with E-state index in [4.69, 9.17) is 9.47 Å². The molecule has 0 radical (unpaired) electrons. The van der Waals surface area contributed by atoms with Crippen molar-refractivity contribution in [1.82, 2.24) is 0 Å². The van der Waals surface area contributed by atoms with Crippen LogP contribution < -0.4 is 4.74 Å². The van der Waals surface area contributed by atoms with Crippen molar-refractivity contribution >= 4 is 21.9 Å². The number of aliphatic hydroxyl groups excluding tert-OH is 1. The number of rotatable bonds is 5. The van der Waals surface area contributed by atoms with Crippen LogP contribution in [-0.4, -0.2) is 24.8 Å². The van der Waals surface area contributed by atoms with E-state index < -0.39 is 12.1 Å². The second kappa shape index (κ2) is 6.75. The first-order valence-corrected chi connectivity index (χ1v) is 6.55. The molecule has 0 spiro atoms. The lowest BCUT2D eigenvalue weighted by molar-refractivity contribution is -0.153. The summed E-state index contributed by atoms with van der Waals surface area (Å²) >= 11 is 3.35. The summed E-state index contributed by atoms with van der Waals surface area (Å²) in [5, 5.41) is 10.0. The quantitative estimate of drug-likeness (QED) is 0.848. The minimum Gasteiger partial charge on any atom is -0.496 e. The maximum absolute atomic E-state index is 11.6. The van der Waals surface area contributed by atoms with Crippen molar-refractivity contribution in [1.29, 1.82) is 0 Å². The number of hydrogen-bond donors (Lipinski definition) is 1. The molecule has 100 valence electrons. The summed E-state index contributed by atoms with van der Waals surface area (Å²) in [6, 6.07) is 3.57. The number of hydrogen-bond acceptors (Lipinski definition) is 4. The summed E-state index contributed by atoms with van der Waals surface area (Å²) in [5.74, 6) is -0.141. The van der Waals surface area contributed by atoms with Crippen LogP contribution >= 0.6 is 15.9 Å². The molecule has 0 bridgehead atoms. The smallest absolute Gasteiger partial charge is 0.339 e. The van der Waals surface area contributed by atoms with Crippen molar-refractivity contribution < 1.29 is 19.4 Å². The van der Waals surface area contributed by atoms with E-state index in [1.807, 2.05) is 13.0 Å². The molecule has 0 aliphatic carbocycles. The Balaban J connectivity index is 3.21. The van der Waals surface area contributed by atoms with Crippen LogP contribution in [0.25, 0.3) is 0 Å².